The van der Waals surface area contributed by atoms with Gasteiger partial charge in [-0.3, -0.25) is 0 Å². The SMILES string of the molecule is Nc1ccc2cc(S(=O)(=O)[O-])c(N=Nc3ccc(N=Nc4cc(C(=O)[O-])cc(C(=O)[O-])c4)c4ccccc34)c(O)c2c1.[Na+].[Na+].[Na+]. The number of nitrogens with zero attached hydrogens (tertiary/aromatic N) is 4. The number of nitrogen functional groups attached to an aromatic ring is 1. The number of rotatable bonds is 7. The number of hydrogen-bond acceptors (Lipinski definition) is 13. The van der Waals surface area contributed by atoms with Crippen molar-refractivity contribution in [2.75, 3.05) is 5.73 Å². The minimum atomic E-state index is -5.07. The quantitative estimate of drug-likeness (QED) is 0.0740. The van der Waals surface area contributed by atoms with Crippen molar-refractivity contribution in [1.29, 1.82) is 0 Å². The minimum Gasteiger partial charge on any atom is -0.744 e. The van der Waals surface area contributed by atoms with Crippen molar-refractivity contribution in [3.8, 4) is 5.75 Å². The van der Waals surface area contributed by atoms with Crippen LogP contribution in [-0.2, 0) is 10.1 Å². The number of carboxylic acid groups (broad SMARTS) is 2. The average Bonchev–Trinajstić information content (AvgIpc) is 2.95. The number of phenols is 1. The molecule has 0 aromatic heterocycles. The Hall–Kier alpha value is -2.73. The number of aromatic carboxylic acids is 2. The zero-order valence-corrected chi connectivity index (χ0v) is 30.9. The second-order valence-electron chi connectivity index (χ2n) is 8.90. The molecule has 3 N–H and O–H groups in total. The molecule has 0 saturated heterocycles. The van der Waals surface area contributed by atoms with Crippen LogP contribution in [-0.4, -0.2) is 30.0 Å². The van der Waals surface area contributed by atoms with Crippen molar-refractivity contribution < 1.29 is 127 Å². The minimum absolute atomic E-state index is 0. The Labute approximate surface area is 321 Å². The first-order valence-corrected chi connectivity index (χ1v) is 13.3. The number of carboxylic acids is 2. The number of fused-ring (bicyclic) bond motifs is 2. The van der Waals surface area contributed by atoms with Gasteiger partial charge in [0.15, 0.2) is 5.75 Å². The number of phenolic OH excluding ortho intramolecular Hbond substituents is 1. The monoisotopic (exact) mass is 651 g/mol. The predicted octanol–water partition coefficient (Wildman–Crippen LogP) is -5.25. The molecule has 13 nitrogen and oxygen atoms in total. The molecule has 0 unspecified atom stereocenters. The molecule has 5 rings (SSSR count). The van der Waals surface area contributed by atoms with E-state index in [0.29, 0.717) is 10.8 Å². The fraction of sp³-hybridized carbons (Fsp3) is 0. The molecule has 0 radical (unpaired) electrons. The molecule has 0 aliphatic rings. The summed E-state index contributed by atoms with van der Waals surface area (Å²) in [5, 5.41) is 50.8. The number of aromatic hydroxyl groups is 1. The number of hydrogen-bond donors (Lipinski definition) is 2. The average molecular weight is 652 g/mol. The normalized spacial score (nSPS) is 11.2. The zero-order valence-electron chi connectivity index (χ0n) is 24.1. The molecule has 0 bridgehead atoms. The van der Waals surface area contributed by atoms with Crippen molar-refractivity contribution in [1.82, 2.24) is 0 Å². The van der Waals surface area contributed by atoms with Gasteiger partial charge < -0.3 is 35.2 Å². The number of anilines is 1. The Bertz CT molecular complexity index is 2090. The number of benzene rings is 5. The topological polar surface area (TPSA) is 233 Å². The Morgan fingerprint density at radius 1 is 0.689 bits per heavy atom. The van der Waals surface area contributed by atoms with Gasteiger partial charge in [-0.1, -0.05) is 30.3 Å². The molecule has 0 atom stereocenters. The summed E-state index contributed by atoms with van der Waals surface area (Å²) >= 11 is 0. The summed E-state index contributed by atoms with van der Waals surface area (Å²) in [6.07, 6.45) is 0. The van der Waals surface area contributed by atoms with Gasteiger partial charge in [0.1, 0.15) is 15.8 Å². The Morgan fingerprint density at radius 3 is 1.73 bits per heavy atom. The molecule has 0 amide bonds. The van der Waals surface area contributed by atoms with Crippen LogP contribution in [0.15, 0.2) is 104 Å². The predicted molar refractivity (Wildman–Crippen MR) is 145 cm³/mol. The molecule has 5 aromatic carbocycles. The van der Waals surface area contributed by atoms with E-state index >= 15 is 0 Å². The summed E-state index contributed by atoms with van der Waals surface area (Å²) in [6, 6.07) is 18.1. The summed E-state index contributed by atoms with van der Waals surface area (Å²) in [4.78, 5) is 21.8. The van der Waals surface area contributed by atoms with E-state index in [2.05, 4.69) is 20.5 Å². The summed E-state index contributed by atoms with van der Waals surface area (Å²) in [6.45, 7) is 0. The third kappa shape index (κ3) is 8.55. The third-order valence-corrected chi connectivity index (χ3v) is 6.99. The molecule has 210 valence electrons. The fourth-order valence-corrected chi connectivity index (χ4v) is 4.85. The van der Waals surface area contributed by atoms with Crippen LogP contribution in [0.1, 0.15) is 20.7 Å². The molecular formula is C28H16N5Na3O8S. The van der Waals surface area contributed by atoms with E-state index in [4.69, 9.17) is 5.73 Å². The van der Waals surface area contributed by atoms with Gasteiger partial charge in [-0.2, -0.15) is 5.11 Å². The Balaban J connectivity index is 0.00000235. The first-order valence-electron chi connectivity index (χ1n) is 11.9. The first-order chi connectivity index (χ1) is 19.9. The molecule has 0 aliphatic heterocycles. The molecule has 17 heteroatoms. The summed E-state index contributed by atoms with van der Waals surface area (Å²) < 4.78 is 36.0. The van der Waals surface area contributed by atoms with Crippen LogP contribution in [0.4, 0.5) is 28.4 Å². The summed E-state index contributed by atoms with van der Waals surface area (Å²) in [7, 11) is -5.07. The second-order valence-corrected chi connectivity index (χ2v) is 10.2. The van der Waals surface area contributed by atoms with Crippen molar-refractivity contribution >= 4 is 72.0 Å². The molecule has 0 spiro atoms. The maximum atomic E-state index is 12.0. The first kappa shape index (κ1) is 38.5. The molecule has 45 heavy (non-hydrogen) atoms. The fourth-order valence-electron chi connectivity index (χ4n) is 4.21. The molecule has 5 aromatic rings. The number of carbonyl (C=O) groups excluding carboxylic acids is 2. The molecule has 0 aliphatic carbocycles. The van der Waals surface area contributed by atoms with Crippen LogP contribution < -0.4 is 105 Å². The van der Waals surface area contributed by atoms with Gasteiger partial charge in [-0.15, -0.1) is 15.3 Å². The number of carbonyl (C=O) groups is 2. The molecule has 0 fully saturated rings. The van der Waals surface area contributed by atoms with Crippen LogP contribution in [0.25, 0.3) is 21.5 Å². The Morgan fingerprint density at radius 2 is 1.22 bits per heavy atom. The number of nitrogens with two attached hydrogens (primary N) is 1. The zero-order chi connectivity index (χ0) is 30.2. The molecule has 0 saturated carbocycles. The maximum Gasteiger partial charge on any atom is 1.00 e. The van der Waals surface area contributed by atoms with Crippen molar-refractivity contribution in [3.05, 3.63) is 90.0 Å². The summed E-state index contributed by atoms with van der Waals surface area (Å²) in [5.74, 6) is -3.81. The largest absolute Gasteiger partial charge is 1.00 e. The molecular weight excluding hydrogens is 635 g/mol. The van der Waals surface area contributed by atoms with Crippen LogP contribution in [0.3, 0.4) is 0 Å². The van der Waals surface area contributed by atoms with Crippen molar-refractivity contribution in [3.63, 3.8) is 0 Å². The second kappa shape index (κ2) is 15.7. The van der Waals surface area contributed by atoms with Gasteiger partial charge in [0.2, 0.25) is 0 Å². The smallest absolute Gasteiger partial charge is 0.744 e. The van der Waals surface area contributed by atoms with E-state index in [9.17, 15) is 37.9 Å². The standard InChI is InChI=1S/C28H19N5O8S.3Na/c29-17-6-5-14-12-24(42(39,40)41)25(26(34)21(14)13-17)33-32-23-8-7-22(19-3-1-2-4-20(19)23)31-30-18-10-15(27(35)36)9-16(11-18)28(37)38;;;/h1-13,34H,29H2,(H,35,36)(H,37,38)(H,39,40,41);;;/q;3*+1/p-3. The summed E-state index contributed by atoms with van der Waals surface area (Å²) in [5.41, 5.74) is 5.08. The number of azo groups is 2. The van der Waals surface area contributed by atoms with Crippen LogP contribution in [0.2, 0.25) is 0 Å². The van der Waals surface area contributed by atoms with Crippen LogP contribution in [0, 0.1) is 0 Å². The van der Waals surface area contributed by atoms with Crippen LogP contribution in [0.5, 0.6) is 5.75 Å². The van der Waals surface area contributed by atoms with Gasteiger partial charge in [0.25, 0.3) is 0 Å². The third-order valence-electron chi connectivity index (χ3n) is 6.14. The van der Waals surface area contributed by atoms with Gasteiger partial charge in [0, 0.05) is 33.0 Å². The van der Waals surface area contributed by atoms with E-state index in [1.807, 2.05) is 0 Å². The van der Waals surface area contributed by atoms with E-state index in [-0.39, 0.29) is 122 Å². The van der Waals surface area contributed by atoms with E-state index in [1.165, 1.54) is 30.3 Å². The van der Waals surface area contributed by atoms with Crippen LogP contribution >= 0.6 is 0 Å². The van der Waals surface area contributed by atoms with E-state index in [0.717, 1.165) is 24.3 Å². The van der Waals surface area contributed by atoms with Gasteiger partial charge in [-0.05, 0) is 53.9 Å². The van der Waals surface area contributed by atoms with Crippen molar-refractivity contribution in [2.45, 2.75) is 4.90 Å². The van der Waals surface area contributed by atoms with Gasteiger partial charge >= 0.3 is 88.7 Å². The van der Waals surface area contributed by atoms with E-state index in [1.54, 1.807) is 24.3 Å². The van der Waals surface area contributed by atoms with Gasteiger partial charge in [-0.25, -0.2) is 8.42 Å². The Kier molecular flexibility index (Phi) is 13.4. The maximum absolute atomic E-state index is 12.0. The van der Waals surface area contributed by atoms with E-state index < -0.39 is 49.5 Å². The molecule has 0 heterocycles. The van der Waals surface area contributed by atoms with Crippen molar-refractivity contribution in [2.24, 2.45) is 20.5 Å². The van der Waals surface area contributed by atoms with Gasteiger partial charge in [0.05, 0.1) is 33.9 Å².